The second kappa shape index (κ2) is 5.19. The van der Waals surface area contributed by atoms with Gasteiger partial charge < -0.3 is 14.3 Å². The van der Waals surface area contributed by atoms with E-state index in [0.29, 0.717) is 0 Å². The van der Waals surface area contributed by atoms with Gasteiger partial charge in [0.1, 0.15) is 17.3 Å². The van der Waals surface area contributed by atoms with E-state index in [0.717, 1.165) is 50.1 Å². The zero-order valence-corrected chi connectivity index (χ0v) is 11.5. The van der Waals surface area contributed by atoms with E-state index in [9.17, 15) is 0 Å². The Morgan fingerprint density at radius 3 is 3.16 bits per heavy atom. The Bertz CT molecular complexity index is 558. The zero-order valence-electron chi connectivity index (χ0n) is 11.5. The van der Waals surface area contributed by atoms with Gasteiger partial charge in [0.25, 0.3) is 0 Å². The number of hydrogen-bond donors (Lipinski definition) is 1. The lowest BCUT2D eigenvalue weighted by Crippen LogP contribution is -2.33. The minimum Gasteiger partial charge on any atom is -0.465 e. The molecule has 0 aliphatic carbocycles. The summed E-state index contributed by atoms with van der Waals surface area (Å²) < 4.78 is 8.05. The molecule has 2 aromatic rings. The highest BCUT2D eigenvalue weighted by Gasteiger charge is 2.18. The second-order valence-electron chi connectivity index (χ2n) is 5.07. The Morgan fingerprint density at radius 1 is 1.42 bits per heavy atom. The van der Waals surface area contributed by atoms with Gasteiger partial charge in [-0.15, -0.1) is 0 Å². The highest BCUT2D eigenvalue weighted by molar-refractivity contribution is 5.20. The molecular formula is C14H20N4O. The Morgan fingerprint density at radius 2 is 2.32 bits per heavy atom. The van der Waals surface area contributed by atoms with Crippen molar-refractivity contribution in [1.29, 1.82) is 0 Å². The fourth-order valence-electron chi connectivity index (χ4n) is 2.61. The first-order valence-electron chi connectivity index (χ1n) is 6.71. The van der Waals surface area contributed by atoms with Crippen LogP contribution in [0.3, 0.4) is 0 Å². The van der Waals surface area contributed by atoms with Crippen molar-refractivity contribution in [1.82, 2.24) is 19.8 Å². The van der Waals surface area contributed by atoms with Gasteiger partial charge >= 0.3 is 0 Å². The minimum atomic E-state index is 0.859. The van der Waals surface area contributed by atoms with Crippen LogP contribution < -0.4 is 5.32 Å². The van der Waals surface area contributed by atoms with Crippen LogP contribution in [0.5, 0.6) is 0 Å². The van der Waals surface area contributed by atoms with E-state index in [-0.39, 0.29) is 0 Å². The fourth-order valence-corrected chi connectivity index (χ4v) is 2.61. The van der Waals surface area contributed by atoms with Gasteiger partial charge in [0, 0.05) is 37.6 Å². The molecule has 0 aromatic carbocycles. The summed E-state index contributed by atoms with van der Waals surface area (Å²) in [6.07, 6.45) is 3.93. The van der Waals surface area contributed by atoms with E-state index < -0.39 is 0 Å². The molecule has 5 heteroatoms. The van der Waals surface area contributed by atoms with Crippen molar-refractivity contribution >= 4 is 0 Å². The highest BCUT2D eigenvalue weighted by Crippen LogP contribution is 2.18. The van der Waals surface area contributed by atoms with E-state index in [2.05, 4.69) is 32.0 Å². The third-order valence-corrected chi connectivity index (χ3v) is 3.64. The first kappa shape index (κ1) is 12.4. The Kier molecular flexibility index (Phi) is 3.40. The number of imidazole rings is 1. The van der Waals surface area contributed by atoms with E-state index in [1.807, 2.05) is 20.2 Å². The molecule has 102 valence electrons. The molecule has 0 radical (unpaired) electrons. The Balaban J connectivity index is 1.67. The van der Waals surface area contributed by atoms with Gasteiger partial charge in [-0.2, -0.15) is 0 Å². The molecule has 0 spiro atoms. The summed E-state index contributed by atoms with van der Waals surface area (Å²) in [7, 11) is 1.95. The number of nitrogens with one attached hydrogen (secondary N) is 1. The standard InChI is InChI=1S/C14H20N4O/c1-11-12(8-15-2)7-13(19-11)9-17-5-6-18-4-3-16-14(18)10-17/h3-4,7,15H,5-6,8-10H2,1-2H3. The van der Waals surface area contributed by atoms with E-state index >= 15 is 0 Å². The minimum absolute atomic E-state index is 0.859. The lowest BCUT2D eigenvalue weighted by atomic mass is 10.2. The molecule has 0 atom stereocenters. The first-order valence-corrected chi connectivity index (χ1v) is 6.71. The van der Waals surface area contributed by atoms with Crippen LogP contribution in [0.15, 0.2) is 22.9 Å². The molecule has 2 aromatic heterocycles. The summed E-state index contributed by atoms with van der Waals surface area (Å²) in [6, 6.07) is 2.16. The third kappa shape index (κ3) is 2.57. The van der Waals surface area contributed by atoms with Crippen LogP contribution in [0.25, 0.3) is 0 Å². The van der Waals surface area contributed by atoms with Crippen LogP contribution in [0.4, 0.5) is 0 Å². The molecule has 0 bridgehead atoms. The molecule has 3 heterocycles. The summed E-state index contributed by atoms with van der Waals surface area (Å²) in [5.41, 5.74) is 1.25. The predicted molar refractivity (Wildman–Crippen MR) is 72.5 cm³/mol. The third-order valence-electron chi connectivity index (χ3n) is 3.64. The molecule has 3 rings (SSSR count). The lowest BCUT2D eigenvalue weighted by Gasteiger charge is -2.26. The molecule has 0 saturated heterocycles. The molecule has 0 amide bonds. The van der Waals surface area contributed by atoms with E-state index in [1.54, 1.807) is 0 Å². The number of nitrogens with zero attached hydrogens (tertiary/aromatic N) is 3. The van der Waals surface area contributed by atoms with Gasteiger partial charge in [-0.1, -0.05) is 0 Å². The van der Waals surface area contributed by atoms with Crippen molar-refractivity contribution < 1.29 is 4.42 Å². The quantitative estimate of drug-likeness (QED) is 0.905. The number of hydrogen-bond acceptors (Lipinski definition) is 4. The predicted octanol–water partition coefficient (Wildman–Crippen LogP) is 1.52. The topological polar surface area (TPSA) is 46.2 Å². The summed E-state index contributed by atoms with van der Waals surface area (Å²) in [5.74, 6) is 3.20. The molecule has 1 aliphatic heterocycles. The van der Waals surface area contributed by atoms with Crippen LogP contribution in [0, 0.1) is 6.92 Å². The monoisotopic (exact) mass is 260 g/mol. The molecule has 1 N–H and O–H groups in total. The zero-order chi connectivity index (χ0) is 13.2. The Labute approximate surface area is 113 Å². The van der Waals surface area contributed by atoms with Crippen LogP contribution in [-0.2, 0) is 26.2 Å². The first-order chi connectivity index (χ1) is 9.26. The fraction of sp³-hybridized carbons (Fsp3) is 0.500. The highest BCUT2D eigenvalue weighted by atomic mass is 16.3. The molecular weight excluding hydrogens is 240 g/mol. The summed E-state index contributed by atoms with van der Waals surface area (Å²) in [5, 5.41) is 3.16. The molecule has 1 aliphatic rings. The van der Waals surface area contributed by atoms with E-state index in [4.69, 9.17) is 4.42 Å². The Hall–Kier alpha value is -1.59. The van der Waals surface area contributed by atoms with Gasteiger partial charge in [-0.05, 0) is 20.0 Å². The van der Waals surface area contributed by atoms with Gasteiger partial charge in [-0.25, -0.2) is 4.98 Å². The number of aromatic nitrogens is 2. The SMILES string of the molecule is CNCc1cc(CN2CCn3ccnc3C2)oc1C. The largest absolute Gasteiger partial charge is 0.465 e. The van der Waals surface area contributed by atoms with Crippen LogP contribution in [-0.4, -0.2) is 28.0 Å². The van der Waals surface area contributed by atoms with Crippen LogP contribution in [0.1, 0.15) is 22.9 Å². The molecule has 0 fully saturated rings. The van der Waals surface area contributed by atoms with Crippen molar-refractivity contribution in [2.45, 2.75) is 33.1 Å². The maximum Gasteiger partial charge on any atom is 0.122 e. The van der Waals surface area contributed by atoms with Crippen LogP contribution >= 0.6 is 0 Å². The van der Waals surface area contributed by atoms with Gasteiger partial charge in [0.2, 0.25) is 0 Å². The molecule has 5 nitrogen and oxygen atoms in total. The van der Waals surface area contributed by atoms with Gasteiger partial charge in [0.05, 0.1) is 13.1 Å². The number of rotatable bonds is 4. The summed E-state index contributed by atoms with van der Waals surface area (Å²) >= 11 is 0. The molecule has 19 heavy (non-hydrogen) atoms. The second-order valence-corrected chi connectivity index (χ2v) is 5.07. The van der Waals surface area contributed by atoms with Crippen molar-refractivity contribution in [2.75, 3.05) is 13.6 Å². The number of aryl methyl sites for hydroxylation is 1. The van der Waals surface area contributed by atoms with Crippen molar-refractivity contribution in [3.05, 3.63) is 41.4 Å². The average molecular weight is 260 g/mol. The van der Waals surface area contributed by atoms with Crippen molar-refractivity contribution in [3.8, 4) is 0 Å². The van der Waals surface area contributed by atoms with E-state index in [1.165, 1.54) is 5.56 Å². The number of fused-ring (bicyclic) bond motifs is 1. The molecule has 0 unspecified atom stereocenters. The average Bonchev–Trinajstić information content (AvgIpc) is 2.97. The summed E-state index contributed by atoms with van der Waals surface area (Å²) in [6.45, 7) is 6.70. The molecule has 0 saturated carbocycles. The van der Waals surface area contributed by atoms with Crippen LogP contribution in [0.2, 0.25) is 0 Å². The lowest BCUT2D eigenvalue weighted by molar-refractivity contribution is 0.193. The van der Waals surface area contributed by atoms with Crippen molar-refractivity contribution in [3.63, 3.8) is 0 Å². The van der Waals surface area contributed by atoms with Gasteiger partial charge in [0.15, 0.2) is 0 Å². The maximum atomic E-state index is 5.83. The smallest absolute Gasteiger partial charge is 0.122 e. The summed E-state index contributed by atoms with van der Waals surface area (Å²) in [4.78, 5) is 6.76. The normalized spacial score (nSPS) is 15.7. The van der Waals surface area contributed by atoms with Gasteiger partial charge in [-0.3, -0.25) is 4.90 Å². The van der Waals surface area contributed by atoms with Crippen molar-refractivity contribution in [2.24, 2.45) is 0 Å². The maximum absolute atomic E-state index is 5.83. The number of furan rings is 1.